The predicted octanol–water partition coefficient (Wildman–Crippen LogP) is 4.94. The van der Waals surface area contributed by atoms with E-state index in [0.717, 1.165) is 11.6 Å². The van der Waals surface area contributed by atoms with Crippen molar-refractivity contribution in [1.82, 2.24) is 0 Å². The lowest BCUT2D eigenvalue weighted by molar-refractivity contribution is 0.0697. The topological polar surface area (TPSA) is 49.3 Å². The van der Waals surface area contributed by atoms with Gasteiger partial charge in [0.1, 0.15) is 0 Å². The molecule has 116 valence electrons. The van der Waals surface area contributed by atoms with Gasteiger partial charge in [0, 0.05) is 11.7 Å². The fraction of sp³-hybridized carbons (Fsp3) is 0.611. The van der Waals surface area contributed by atoms with Gasteiger partial charge in [0.15, 0.2) is 0 Å². The molecule has 0 aliphatic heterocycles. The highest BCUT2D eigenvalue weighted by atomic mass is 16.4. The van der Waals surface area contributed by atoms with Gasteiger partial charge < -0.3 is 10.4 Å². The van der Waals surface area contributed by atoms with Gasteiger partial charge in [-0.3, -0.25) is 0 Å². The molecule has 0 heterocycles. The average Bonchev–Trinajstić information content (AvgIpc) is 2.52. The molecular formula is C18H27NO2. The molecule has 3 heteroatoms. The molecule has 1 fully saturated rings. The molecule has 1 aromatic rings. The van der Waals surface area contributed by atoms with Gasteiger partial charge in [-0.25, -0.2) is 4.79 Å². The summed E-state index contributed by atoms with van der Waals surface area (Å²) >= 11 is 0. The largest absolute Gasteiger partial charge is 0.478 e. The molecule has 2 rings (SSSR count). The molecule has 0 spiro atoms. The molecule has 1 aromatic carbocycles. The molecule has 0 amide bonds. The molecule has 1 aliphatic carbocycles. The minimum atomic E-state index is -0.864. The third-order valence-corrected chi connectivity index (χ3v) is 4.57. The second-order valence-electron chi connectivity index (χ2n) is 6.17. The van der Waals surface area contributed by atoms with Gasteiger partial charge in [-0.15, -0.1) is 0 Å². The van der Waals surface area contributed by atoms with Gasteiger partial charge >= 0.3 is 5.97 Å². The number of rotatable bonds is 7. The van der Waals surface area contributed by atoms with E-state index in [0.29, 0.717) is 11.6 Å². The van der Waals surface area contributed by atoms with Crippen LogP contribution in [0.4, 0.5) is 5.69 Å². The fourth-order valence-electron chi connectivity index (χ4n) is 3.31. The first-order chi connectivity index (χ1) is 10.2. The van der Waals surface area contributed by atoms with Crippen molar-refractivity contribution in [1.29, 1.82) is 0 Å². The Kier molecular flexibility index (Phi) is 6.09. The first-order valence-corrected chi connectivity index (χ1v) is 8.30. The Morgan fingerprint density at radius 1 is 1.24 bits per heavy atom. The molecule has 0 aromatic heterocycles. The van der Waals surface area contributed by atoms with Gasteiger partial charge in [-0.05, 0) is 49.4 Å². The normalized spacial score (nSPS) is 17.4. The zero-order valence-corrected chi connectivity index (χ0v) is 13.0. The van der Waals surface area contributed by atoms with Crippen molar-refractivity contribution in [3.63, 3.8) is 0 Å². The maximum atomic E-state index is 10.9. The molecule has 1 aliphatic rings. The van der Waals surface area contributed by atoms with E-state index < -0.39 is 5.97 Å². The Morgan fingerprint density at radius 2 is 1.90 bits per heavy atom. The first kappa shape index (κ1) is 15.9. The van der Waals surface area contributed by atoms with Crippen molar-refractivity contribution < 1.29 is 9.90 Å². The summed E-state index contributed by atoms with van der Waals surface area (Å²) in [5.74, 6) is -0.0965. The number of anilines is 1. The third kappa shape index (κ3) is 4.76. The van der Waals surface area contributed by atoms with E-state index in [1.54, 1.807) is 12.1 Å². The van der Waals surface area contributed by atoms with Gasteiger partial charge in [0.2, 0.25) is 0 Å². The van der Waals surface area contributed by atoms with E-state index >= 15 is 0 Å². The number of carboxylic acids is 1. The molecule has 2 N–H and O–H groups in total. The molecular weight excluding hydrogens is 262 g/mol. The molecule has 1 saturated carbocycles. The van der Waals surface area contributed by atoms with Crippen LogP contribution in [-0.2, 0) is 0 Å². The van der Waals surface area contributed by atoms with Crippen LogP contribution in [0.3, 0.4) is 0 Å². The Morgan fingerprint density at radius 3 is 2.48 bits per heavy atom. The second kappa shape index (κ2) is 8.06. The molecule has 0 radical (unpaired) electrons. The van der Waals surface area contributed by atoms with Gasteiger partial charge in [0.25, 0.3) is 0 Å². The molecule has 0 saturated heterocycles. The molecule has 1 unspecified atom stereocenters. The SMILES string of the molecule is CCCCC(Nc1ccc(C(=O)O)cc1)C1CCCCC1. The van der Waals surface area contributed by atoms with Crippen LogP contribution in [0, 0.1) is 5.92 Å². The summed E-state index contributed by atoms with van der Waals surface area (Å²) in [6.45, 7) is 2.24. The van der Waals surface area contributed by atoms with Gasteiger partial charge in [-0.1, -0.05) is 39.0 Å². The molecule has 1 atom stereocenters. The Labute approximate surface area is 127 Å². The zero-order valence-electron chi connectivity index (χ0n) is 13.0. The first-order valence-electron chi connectivity index (χ1n) is 8.30. The summed E-state index contributed by atoms with van der Waals surface area (Å²) in [4.78, 5) is 10.9. The maximum absolute atomic E-state index is 10.9. The number of carbonyl (C=O) groups is 1. The van der Waals surface area contributed by atoms with Crippen LogP contribution in [0.1, 0.15) is 68.6 Å². The fourth-order valence-corrected chi connectivity index (χ4v) is 3.31. The van der Waals surface area contributed by atoms with E-state index in [1.807, 2.05) is 12.1 Å². The van der Waals surface area contributed by atoms with Crippen LogP contribution in [0.25, 0.3) is 0 Å². The number of benzene rings is 1. The Hall–Kier alpha value is -1.51. The summed E-state index contributed by atoms with van der Waals surface area (Å²) in [5, 5.41) is 12.6. The number of hydrogen-bond donors (Lipinski definition) is 2. The summed E-state index contributed by atoms with van der Waals surface area (Å²) in [6.07, 6.45) is 10.4. The van der Waals surface area contributed by atoms with E-state index in [9.17, 15) is 4.79 Å². The van der Waals surface area contributed by atoms with E-state index in [4.69, 9.17) is 5.11 Å². The third-order valence-electron chi connectivity index (χ3n) is 4.57. The standard InChI is InChI=1S/C18H27NO2/c1-2-3-9-17(14-7-5-4-6-8-14)19-16-12-10-15(11-13-16)18(20)21/h10-14,17,19H,2-9H2,1H3,(H,20,21). The number of nitrogens with one attached hydrogen (secondary N) is 1. The zero-order chi connectivity index (χ0) is 15.1. The van der Waals surface area contributed by atoms with Crippen molar-refractivity contribution in [2.24, 2.45) is 5.92 Å². The molecule has 3 nitrogen and oxygen atoms in total. The smallest absolute Gasteiger partial charge is 0.335 e. The predicted molar refractivity (Wildman–Crippen MR) is 86.9 cm³/mol. The van der Waals surface area contributed by atoms with Crippen molar-refractivity contribution >= 4 is 11.7 Å². The number of aromatic carboxylic acids is 1. The van der Waals surface area contributed by atoms with E-state index in [-0.39, 0.29) is 0 Å². The van der Waals surface area contributed by atoms with Crippen molar-refractivity contribution in [2.75, 3.05) is 5.32 Å². The second-order valence-corrected chi connectivity index (χ2v) is 6.17. The number of unbranched alkanes of at least 4 members (excludes halogenated alkanes) is 1. The van der Waals surface area contributed by atoms with Gasteiger partial charge in [-0.2, -0.15) is 0 Å². The van der Waals surface area contributed by atoms with Crippen LogP contribution in [0.5, 0.6) is 0 Å². The summed E-state index contributed by atoms with van der Waals surface area (Å²) in [7, 11) is 0. The van der Waals surface area contributed by atoms with Crippen molar-refractivity contribution in [3.05, 3.63) is 29.8 Å². The average molecular weight is 289 g/mol. The van der Waals surface area contributed by atoms with Crippen LogP contribution in [0.2, 0.25) is 0 Å². The summed E-state index contributed by atoms with van der Waals surface area (Å²) in [5.41, 5.74) is 1.40. The summed E-state index contributed by atoms with van der Waals surface area (Å²) in [6, 6.07) is 7.68. The van der Waals surface area contributed by atoms with Crippen LogP contribution >= 0.6 is 0 Å². The van der Waals surface area contributed by atoms with E-state index in [1.165, 1.54) is 51.4 Å². The van der Waals surface area contributed by atoms with E-state index in [2.05, 4.69) is 12.2 Å². The number of carboxylic acid groups (broad SMARTS) is 1. The minimum Gasteiger partial charge on any atom is -0.478 e. The highest BCUT2D eigenvalue weighted by Crippen LogP contribution is 2.30. The minimum absolute atomic E-state index is 0.350. The van der Waals surface area contributed by atoms with Gasteiger partial charge in [0.05, 0.1) is 5.56 Å². The highest BCUT2D eigenvalue weighted by Gasteiger charge is 2.23. The lowest BCUT2D eigenvalue weighted by Gasteiger charge is -2.32. The van der Waals surface area contributed by atoms with Crippen molar-refractivity contribution in [3.8, 4) is 0 Å². The van der Waals surface area contributed by atoms with Crippen molar-refractivity contribution in [2.45, 2.75) is 64.3 Å². The highest BCUT2D eigenvalue weighted by molar-refractivity contribution is 5.88. The van der Waals surface area contributed by atoms with Crippen LogP contribution in [0.15, 0.2) is 24.3 Å². The lowest BCUT2D eigenvalue weighted by atomic mass is 9.82. The monoisotopic (exact) mass is 289 g/mol. The Balaban J connectivity index is 2.00. The number of hydrogen-bond acceptors (Lipinski definition) is 2. The maximum Gasteiger partial charge on any atom is 0.335 e. The summed E-state index contributed by atoms with van der Waals surface area (Å²) < 4.78 is 0. The van der Waals surface area contributed by atoms with Crippen LogP contribution < -0.4 is 5.32 Å². The molecule has 0 bridgehead atoms. The lowest BCUT2D eigenvalue weighted by Crippen LogP contribution is -2.30. The quantitative estimate of drug-likeness (QED) is 0.747. The molecule has 21 heavy (non-hydrogen) atoms. The van der Waals surface area contributed by atoms with Crippen LogP contribution in [-0.4, -0.2) is 17.1 Å². The Bertz CT molecular complexity index is 435.